The molecule has 0 atom stereocenters. The first-order valence-corrected chi connectivity index (χ1v) is 7.21. The lowest BCUT2D eigenvalue weighted by Crippen LogP contribution is -2.23. The molecule has 8 heteroatoms. The van der Waals surface area contributed by atoms with Gasteiger partial charge in [0.1, 0.15) is 16.2 Å². The van der Waals surface area contributed by atoms with Gasteiger partial charge in [-0.2, -0.15) is 5.10 Å². The summed E-state index contributed by atoms with van der Waals surface area (Å²) < 4.78 is 1.31. The second-order valence-electron chi connectivity index (χ2n) is 4.79. The van der Waals surface area contributed by atoms with Gasteiger partial charge in [0.05, 0.1) is 10.3 Å². The van der Waals surface area contributed by atoms with Crippen molar-refractivity contribution in [3.8, 4) is 11.3 Å². The fourth-order valence-corrected chi connectivity index (χ4v) is 2.51. The van der Waals surface area contributed by atoms with Crippen molar-refractivity contribution < 1.29 is 4.92 Å². The van der Waals surface area contributed by atoms with Gasteiger partial charge < -0.3 is 0 Å². The van der Waals surface area contributed by atoms with Crippen LogP contribution >= 0.6 is 11.6 Å². The number of pyridine rings is 1. The van der Waals surface area contributed by atoms with E-state index in [2.05, 4.69) is 10.1 Å². The number of halogens is 1. The van der Waals surface area contributed by atoms with Crippen LogP contribution in [0.25, 0.3) is 22.2 Å². The van der Waals surface area contributed by atoms with E-state index < -0.39 is 4.92 Å². The van der Waals surface area contributed by atoms with Crippen molar-refractivity contribution >= 4 is 28.2 Å². The van der Waals surface area contributed by atoms with E-state index in [0.29, 0.717) is 28.7 Å². The van der Waals surface area contributed by atoms with Crippen LogP contribution in [0, 0.1) is 10.1 Å². The summed E-state index contributed by atoms with van der Waals surface area (Å²) in [5.74, 6) is 0. The molecule has 0 amide bonds. The normalized spacial score (nSPS) is 10.9. The Morgan fingerprint density at radius 2 is 2.13 bits per heavy atom. The number of nitrogens with zero attached hydrogens (tertiary/aromatic N) is 4. The summed E-state index contributed by atoms with van der Waals surface area (Å²) in [6, 6.07) is 7.72. The number of hydrogen-bond donors (Lipinski definition) is 0. The lowest BCUT2D eigenvalue weighted by Gasteiger charge is -2.09. The van der Waals surface area contributed by atoms with Crippen LogP contribution in [0.1, 0.15) is 6.92 Å². The van der Waals surface area contributed by atoms with Gasteiger partial charge in [-0.15, -0.1) is 0 Å². The molecule has 0 N–H and O–H groups in total. The van der Waals surface area contributed by atoms with Crippen LogP contribution in [0.4, 0.5) is 5.69 Å². The first-order chi connectivity index (χ1) is 11.0. The van der Waals surface area contributed by atoms with E-state index >= 15 is 0 Å². The molecule has 0 aliphatic rings. The number of nitro benzene ring substituents is 1. The fraction of sp³-hybridized carbons (Fsp3) is 0.133. The van der Waals surface area contributed by atoms with E-state index in [0.717, 1.165) is 0 Å². The number of hydrogen-bond acceptors (Lipinski definition) is 5. The minimum atomic E-state index is -0.558. The van der Waals surface area contributed by atoms with Crippen LogP contribution in [-0.4, -0.2) is 19.7 Å². The van der Waals surface area contributed by atoms with E-state index in [1.54, 1.807) is 31.3 Å². The van der Waals surface area contributed by atoms with Crippen molar-refractivity contribution in [3.63, 3.8) is 0 Å². The summed E-state index contributed by atoms with van der Waals surface area (Å²) >= 11 is 5.85. The molecule has 116 valence electrons. The predicted molar refractivity (Wildman–Crippen MR) is 86.6 cm³/mol. The molecule has 0 bridgehead atoms. The standard InChI is InChI=1S/C15H11ClN4O3/c1-2-19-15(21)10-4-3-7-17-14(10)13(18-19)9-5-6-11(16)12(8-9)20(22)23/h3-8H,2H2,1H3. The molecule has 0 aliphatic carbocycles. The molecule has 3 aromatic rings. The van der Waals surface area contributed by atoms with Crippen LogP contribution < -0.4 is 5.56 Å². The molecule has 0 saturated heterocycles. The third kappa shape index (κ3) is 2.55. The summed E-state index contributed by atoms with van der Waals surface area (Å²) in [6.07, 6.45) is 1.55. The topological polar surface area (TPSA) is 90.9 Å². The minimum Gasteiger partial charge on any atom is -0.267 e. The number of rotatable bonds is 3. The summed E-state index contributed by atoms with van der Waals surface area (Å²) in [7, 11) is 0. The Morgan fingerprint density at radius 1 is 1.35 bits per heavy atom. The zero-order valence-electron chi connectivity index (χ0n) is 12.1. The van der Waals surface area contributed by atoms with Gasteiger partial charge in [-0.25, -0.2) is 4.68 Å². The molecular formula is C15H11ClN4O3. The monoisotopic (exact) mass is 330 g/mol. The second kappa shape index (κ2) is 5.77. The molecule has 0 saturated carbocycles. The molecule has 3 rings (SSSR count). The highest BCUT2D eigenvalue weighted by Crippen LogP contribution is 2.31. The molecule has 7 nitrogen and oxygen atoms in total. The lowest BCUT2D eigenvalue weighted by atomic mass is 10.1. The number of aryl methyl sites for hydroxylation is 1. The number of benzene rings is 1. The highest BCUT2D eigenvalue weighted by molar-refractivity contribution is 6.32. The maximum Gasteiger partial charge on any atom is 0.288 e. The van der Waals surface area contributed by atoms with Gasteiger partial charge in [-0.1, -0.05) is 17.7 Å². The first kappa shape index (κ1) is 15.1. The van der Waals surface area contributed by atoms with Crippen molar-refractivity contribution in [2.24, 2.45) is 0 Å². The number of fused-ring (bicyclic) bond motifs is 1. The molecule has 2 heterocycles. The van der Waals surface area contributed by atoms with Gasteiger partial charge in [-0.3, -0.25) is 19.9 Å². The van der Waals surface area contributed by atoms with Crippen LogP contribution in [-0.2, 0) is 6.54 Å². The van der Waals surface area contributed by atoms with Gasteiger partial charge in [0, 0.05) is 24.4 Å². The van der Waals surface area contributed by atoms with Crippen molar-refractivity contribution in [2.75, 3.05) is 0 Å². The molecule has 0 aliphatic heterocycles. The highest BCUT2D eigenvalue weighted by atomic mass is 35.5. The van der Waals surface area contributed by atoms with Gasteiger partial charge >= 0.3 is 0 Å². The highest BCUT2D eigenvalue weighted by Gasteiger charge is 2.18. The summed E-state index contributed by atoms with van der Waals surface area (Å²) in [6.45, 7) is 2.18. The van der Waals surface area contributed by atoms with Crippen molar-refractivity contribution in [1.29, 1.82) is 0 Å². The summed E-state index contributed by atoms with van der Waals surface area (Å²) in [4.78, 5) is 27.0. The largest absolute Gasteiger partial charge is 0.288 e. The maximum atomic E-state index is 12.3. The summed E-state index contributed by atoms with van der Waals surface area (Å²) in [5.41, 5.74) is 0.819. The lowest BCUT2D eigenvalue weighted by molar-refractivity contribution is -0.384. The predicted octanol–water partition coefficient (Wildman–Crippen LogP) is 3.04. The smallest absolute Gasteiger partial charge is 0.267 e. The van der Waals surface area contributed by atoms with Crippen LogP contribution in [0.3, 0.4) is 0 Å². The maximum absolute atomic E-state index is 12.3. The van der Waals surface area contributed by atoms with E-state index in [-0.39, 0.29) is 16.3 Å². The summed E-state index contributed by atoms with van der Waals surface area (Å²) in [5, 5.41) is 15.8. The molecule has 2 aromatic heterocycles. The minimum absolute atomic E-state index is 0.0415. The SMILES string of the molecule is CCn1nc(-c2ccc(Cl)c([N+](=O)[O-])c2)c2ncccc2c1=O. The van der Waals surface area contributed by atoms with Gasteiger partial charge in [-0.05, 0) is 25.1 Å². The van der Waals surface area contributed by atoms with E-state index in [4.69, 9.17) is 11.6 Å². The Labute approximate surface area is 135 Å². The average molecular weight is 331 g/mol. The molecule has 23 heavy (non-hydrogen) atoms. The Morgan fingerprint density at radius 3 is 2.83 bits per heavy atom. The Kier molecular flexibility index (Phi) is 3.79. The van der Waals surface area contributed by atoms with Gasteiger partial charge in [0.15, 0.2) is 0 Å². The van der Waals surface area contributed by atoms with E-state index in [9.17, 15) is 14.9 Å². The quantitative estimate of drug-likeness (QED) is 0.543. The average Bonchev–Trinajstić information content (AvgIpc) is 2.56. The van der Waals surface area contributed by atoms with Crippen molar-refractivity contribution in [3.05, 3.63) is 62.0 Å². The zero-order chi connectivity index (χ0) is 16.6. The van der Waals surface area contributed by atoms with Crippen LogP contribution in [0.2, 0.25) is 5.02 Å². The number of aromatic nitrogens is 3. The Bertz CT molecular complexity index is 984. The third-order valence-electron chi connectivity index (χ3n) is 3.43. The zero-order valence-corrected chi connectivity index (χ0v) is 12.8. The van der Waals surface area contributed by atoms with Crippen LogP contribution in [0.15, 0.2) is 41.3 Å². The molecule has 0 spiro atoms. The number of nitro groups is 1. The van der Waals surface area contributed by atoms with Crippen LogP contribution in [0.5, 0.6) is 0 Å². The Hall–Kier alpha value is -2.80. The third-order valence-corrected chi connectivity index (χ3v) is 3.75. The van der Waals surface area contributed by atoms with E-state index in [1.807, 2.05) is 0 Å². The second-order valence-corrected chi connectivity index (χ2v) is 5.20. The molecule has 1 aromatic carbocycles. The molecular weight excluding hydrogens is 320 g/mol. The van der Waals surface area contributed by atoms with Crippen molar-refractivity contribution in [2.45, 2.75) is 13.5 Å². The Balaban J connectivity index is 2.36. The van der Waals surface area contributed by atoms with E-state index in [1.165, 1.54) is 16.8 Å². The fourth-order valence-electron chi connectivity index (χ4n) is 2.33. The first-order valence-electron chi connectivity index (χ1n) is 6.83. The molecule has 0 unspecified atom stereocenters. The molecule has 0 fully saturated rings. The molecule has 0 radical (unpaired) electrons. The van der Waals surface area contributed by atoms with Crippen molar-refractivity contribution in [1.82, 2.24) is 14.8 Å². The van der Waals surface area contributed by atoms with Gasteiger partial charge in [0.2, 0.25) is 0 Å². The van der Waals surface area contributed by atoms with Gasteiger partial charge in [0.25, 0.3) is 11.2 Å².